The zero-order valence-corrected chi connectivity index (χ0v) is 56.4. The third-order valence-electron chi connectivity index (χ3n) is 14.6. The number of amides is 1. The molecule has 0 saturated carbocycles. The molecular formula is C66H64N16O14S3. The number of hydrogen-bond donors (Lipinski definition) is 6. The Bertz CT molecular complexity index is 5160. The molecule has 11 aromatic rings. The Morgan fingerprint density at radius 3 is 1.17 bits per heavy atom. The van der Waals surface area contributed by atoms with Crippen molar-refractivity contribution < 1.29 is 63.3 Å². The van der Waals surface area contributed by atoms with Gasteiger partial charge in [0.25, 0.3) is 26.0 Å². The highest BCUT2D eigenvalue weighted by Crippen LogP contribution is 2.35. The SMILES string of the molecule is COC(=O)c1ccc(OC)cc1Nc1nc2ccccc2nc1NS(=O)(=O)c1cccnc1.COC(=O)c1ccc(OC)cc1Nc1nc2ccccc2nc1NS(C)(=O)=O.COc1cc(Nc2nc3ccccc3nc2NS(=O)(=O)c2cccnc2)cc(C(=O)N2CCN(C)CC2)c1. The maximum atomic E-state index is 13.3. The molecule has 1 amide bonds. The summed E-state index contributed by atoms with van der Waals surface area (Å²) in [6.45, 7) is 2.86. The van der Waals surface area contributed by atoms with E-state index in [1.165, 1.54) is 96.7 Å². The molecule has 6 aromatic carbocycles. The lowest BCUT2D eigenvalue weighted by atomic mass is 10.1. The molecule has 0 aliphatic carbocycles. The van der Waals surface area contributed by atoms with Crippen molar-refractivity contribution in [2.24, 2.45) is 0 Å². The van der Waals surface area contributed by atoms with Crippen LogP contribution in [0.15, 0.2) is 186 Å². The lowest BCUT2D eigenvalue weighted by Gasteiger charge is -2.32. The molecule has 0 bridgehead atoms. The van der Waals surface area contributed by atoms with E-state index in [1.54, 1.807) is 109 Å². The van der Waals surface area contributed by atoms with Crippen LogP contribution in [0.2, 0.25) is 0 Å². The first-order valence-electron chi connectivity index (χ1n) is 29.7. The lowest BCUT2D eigenvalue weighted by molar-refractivity contribution is 0.0593. The molecule has 6 N–H and O–H groups in total. The summed E-state index contributed by atoms with van der Waals surface area (Å²) >= 11 is 0. The van der Waals surface area contributed by atoms with Crippen molar-refractivity contribution in [1.29, 1.82) is 0 Å². The number of rotatable bonds is 20. The summed E-state index contributed by atoms with van der Waals surface area (Å²) in [4.78, 5) is 76.2. The number of pyridine rings is 2. The Balaban J connectivity index is 0.000000163. The highest BCUT2D eigenvalue weighted by Gasteiger charge is 2.26. The molecule has 6 heterocycles. The van der Waals surface area contributed by atoms with E-state index in [4.69, 9.17) is 23.7 Å². The van der Waals surface area contributed by atoms with Crippen LogP contribution in [0.25, 0.3) is 33.1 Å². The van der Waals surface area contributed by atoms with E-state index in [0.717, 1.165) is 19.3 Å². The smallest absolute Gasteiger partial charge is 0.339 e. The predicted octanol–water partition coefficient (Wildman–Crippen LogP) is 8.87. The minimum absolute atomic E-state index is 0.000152. The number of aromatic nitrogens is 8. The van der Waals surface area contributed by atoms with Crippen LogP contribution in [-0.2, 0) is 39.5 Å². The molecule has 30 nitrogen and oxygen atoms in total. The van der Waals surface area contributed by atoms with E-state index in [-0.39, 0.29) is 61.7 Å². The minimum atomic E-state index is -4.01. The predicted molar refractivity (Wildman–Crippen MR) is 372 cm³/mol. The monoisotopic (exact) mass is 1400 g/mol. The summed E-state index contributed by atoms with van der Waals surface area (Å²) in [5, 5.41) is 9.11. The van der Waals surface area contributed by atoms with E-state index in [1.807, 2.05) is 18.0 Å². The van der Waals surface area contributed by atoms with Crippen molar-refractivity contribution in [3.8, 4) is 17.2 Å². The average Bonchev–Trinajstić information content (AvgIpc) is 0.799. The molecule has 0 unspecified atom stereocenters. The summed E-state index contributed by atoms with van der Waals surface area (Å²) in [5.74, 6) is 0.476. The molecule has 1 fully saturated rings. The van der Waals surface area contributed by atoms with Gasteiger partial charge >= 0.3 is 11.9 Å². The maximum absolute atomic E-state index is 13.3. The number of ether oxygens (including phenoxy) is 5. The fourth-order valence-electron chi connectivity index (χ4n) is 9.62. The Morgan fingerprint density at radius 2 is 0.808 bits per heavy atom. The van der Waals surface area contributed by atoms with E-state index in [0.29, 0.717) is 86.1 Å². The number of para-hydroxylation sites is 6. The fourth-order valence-corrected chi connectivity index (χ4v) is 12.1. The van der Waals surface area contributed by atoms with Crippen LogP contribution in [0.1, 0.15) is 31.1 Å². The number of nitrogens with one attached hydrogen (secondary N) is 6. The van der Waals surface area contributed by atoms with Crippen LogP contribution in [0, 0.1) is 0 Å². The fraction of sp³-hybridized carbons (Fsp3) is 0.167. The topological polar surface area (TPSA) is 382 Å². The molecule has 0 atom stereocenters. The third-order valence-corrected chi connectivity index (χ3v) is 17.8. The van der Waals surface area contributed by atoms with E-state index >= 15 is 0 Å². The van der Waals surface area contributed by atoms with Crippen LogP contribution in [0.4, 0.5) is 52.0 Å². The standard InChI is InChI=1S/C26H27N7O4S.C22H19N5O5S.C18H18N4O5S/c1-32-10-12-33(13-11-32)26(34)18-14-19(16-20(15-18)37-2)28-24-25(30-23-8-4-3-7-22(23)29-24)31-38(35,36)21-6-5-9-27-17-21;1-31-14-9-10-16(22(28)32-2)19(12-14)26-20-21(25-18-8-4-3-7-17(18)24-20)27-33(29,30)15-6-5-11-23-13-15;1-26-11-8-9-12(18(23)27-2)15(10-11)21-16-17(22-28(3,24)25)20-14-7-5-4-6-13(14)19-16/h3-9,14-17H,10-13H2,1-2H3,(H,28,29)(H,30,31);3-13H,1-2H3,(H,24,26)(H,25,27);4-10H,1-3H3,(H,19,21)(H,20,22). The van der Waals surface area contributed by atoms with Gasteiger partial charge in [0.05, 0.1) is 97.4 Å². The van der Waals surface area contributed by atoms with Crippen LogP contribution in [0.5, 0.6) is 17.2 Å². The highest BCUT2D eigenvalue weighted by molar-refractivity contribution is 7.93. The number of sulfonamides is 3. The molecule has 99 heavy (non-hydrogen) atoms. The number of likely N-dealkylation sites (N-methyl/N-ethyl adjacent to an activating group) is 1. The average molecular weight is 1400 g/mol. The summed E-state index contributed by atoms with van der Waals surface area (Å²) < 4.78 is 108. The summed E-state index contributed by atoms with van der Waals surface area (Å²) in [6.07, 6.45) is 6.45. The summed E-state index contributed by atoms with van der Waals surface area (Å²) in [6, 6.07) is 41.5. The maximum Gasteiger partial charge on any atom is 0.339 e. The number of nitrogens with zero attached hydrogens (tertiary/aromatic N) is 10. The number of esters is 2. The number of fused-ring (bicyclic) bond motifs is 3. The number of anilines is 9. The van der Waals surface area contributed by atoms with Crippen molar-refractivity contribution in [2.45, 2.75) is 9.79 Å². The number of benzene rings is 6. The van der Waals surface area contributed by atoms with Gasteiger partial charge in [-0.15, -0.1) is 0 Å². The molecule has 12 rings (SSSR count). The second-order valence-corrected chi connectivity index (χ2v) is 26.5. The number of carbonyl (C=O) groups excluding carboxylic acids is 3. The quantitative estimate of drug-likeness (QED) is 0.0388. The van der Waals surface area contributed by atoms with Crippen LogP contribution >= 0.6 is 0 Å². The Kier molecular flexibility index (Phi) is 21.8. The minimum Gasteiger partial charge on any atom is -0.497 e. The number of piperazine rings is 1. The van der Waals surface area contributed by atoms with E-state index < -0.39 is 42.0 Å². The van der Waals surface area contributed by atoms with Gasteiger partial charge in [-0.05, 0) is 104 Å². The van der Waals surface area contributed by atoms with Gasteiger partial charge < -0.3 is 49.4 Å². The molecule has 1 aliphatic heterocycles. The van der Waals surface area contributed by atoms with Crippen LogP contribution in [0.3, 0.4) is 0 Å². The van der Waals surface area contributed by atoms with Crippen molar-refractivity contribution in [2.75, 3.05) is 105 Å². The first kappa shape index (κ1) is 69.9. The highest BCUT2D eigenvalue weighted by atomic mass is 32.2. The molecule has 1 aliphatic rings. The largest absolute Gasteiger partial charge is 0.497 e. The van der Waals surface area contributed by atoms with Crippen molar-refractivity contribution in [3.05, 3.63) is 193 Å². The molecular weight excluding hydrogens is 1340 g/mol. The Labute approximate surface area is 568 Å². The van der Waals surface area contributed by atoms with Crippen LogP contribution < -0.4 is 44.3 Å². The number of hydrogen-bond acceptors (Lipinski definition) is 26. The second-order valence-electron chi connectivity index (χ2n) is 21.4. The zero-order valence-electron chi connectivity index (χ0n) is 54.0. The number of methoxy groups -OCH3 is 5. The third kappa shape index (κ3) is 17.6. The first-order valence-corrected chi connectivity index (χ1v) is 34.5. The Morgan fingerprint density at radius 1 is 0.424 bits per heavy atom. The number of carbonyl (C=O) groups is 3. The lowest BCUT2D eigenvalue weighted by Crippen LogP contribution is -2.47. The molecule has 5 aromatic heterocycles. The normalized spacial score (nSPS) is 12.3. The van der Waals surface area contributed by atoms with Gasteiger partial charge in [0.15, 0.2) is 34.9 Å². The zero-order chi connectivity index (χ0) is 70.4. The first-order chi connectivity index (χ1) is 47.5. The van der Waals surface area contributed by atoms with E-state index in [2.05, 4.69) is 74.9 Å². The van der Waals surface area contributed by atoms with Crippen molar-refractivity contribution in [3.63, 3.8) is 0 Å². The van der Waals surface area contributed by atoms with Crippen molar-refractivity contribution in [1.82, 2.24) is 49.7 Å². The van der Waals surface area contributed by atoms with Gasteiger partial charge in [0.2, 0.25) is 10.0 Å². The van der Waals surface area contributed by atoms with Gasteiger partial charge in [0, 0.05) is 80.4 Å². The molecule has 1 saturated heterocycles. The molecule has 0 radical (unpaired) electrons. The van der Waals surface area contributed by atoms with E-state index in [9.17, 15) is 39.6 Å². The Hall–Kier alpha value is -11.9. The summed E-state index contributed by atoms with van der Waals surface area (Å²) in [5.41, 5.74) is 5.13. The van der Waals surface area contributed by atoms with Gasteiger partial charge in [-0.1, -0.05) is 36.4 Å². The van der Waals surface area contributed by atoms with Gasteiger partial charge in [-0.3, -0.25) is 28.9 Å². The molecule has 510 valence electrons. The van der Waals surface area contributed by atoms with Crippen LogP contribution in [-0.4, -0.2) is 168 Å². The van der Waals surface area contributed by atoms with Crippen molar-refractivity contribution >= 4 is 133 Å². The van der Waals surface area contributed by atoms with Gasteiger partial charge in [-0.2, -0.15) is 0 Å². The van der Waals surface area contributed by atoms with Gasteiger partial charge in [0.1, 0.15) is 27.0 Å². The summed E-state index contributed by atoms with van der Waals surface area (Å²) in [7, 11) is -2.57. The van der Waals surface area contributed by atoms with Gasteiger partial charge in [-0.25, -0.2) is 64.7 Å². The second kappa shape index (κ2) is 30.9. The molecule has 33 heteroatoms. The molecule has 0 spiro atoms.